The molecule has 3 fully saturated rings. The van der Waals surface area contributed by atoms with Crippen LogP contribution in [-0.2, 0) is 4.79 Å². The lowest BCUT2D eigenvalue weighted by molar-refractivity contribution is -0.135. The Hall–Kier alpha value is -3.52. The van der Waals surface area contributed by atoms with Crippen LogP contribution in [0.1, 0.15) is 49.4 Å². The first-order chi connectivity index (χ1) is 17.6. The van der Waals surface area contributed by atoms with E-state index < -0.39 is 0 Å². The second-order valence-corrected chi connectivity index (χ2v) is 10.2. The minimum absolute atomic E-state index is 0.0423. The number of carbonyl (C=O) groups excluding carboxylic acids is 1. The smallest absolute Gasteiger partial charge is 0.225 e. The number of nitrogens with two attached hydrogens (primary N) is 1. The Kier molecular flexibility index (Phi) is 5.84. The molecule has 186 valence electrons. The van der Waals surface area contributed by atoms with Crippen molar-refractivity contribution in [3.8, 4) is 11.1 Å². The van der Waals surface area contributed by atoms with Gasteiger partial charge in [0.2, 0.25) is 5.91 Å². The minimum atomic E-state index is -0.107. The Morgan fingerprint density at radius 1 is 1.17 bits per heavy atom. The maximum atomic E-state index is 12.6. The summed E-state index contributed by atoms with van der Waals surface area (Å²) < 4.78 is 0. The van der Waals surface area contributed by atoms with Gasteiger partial charge >= 0.3 is 0 Å². The molecule has 0 bridgehead atoms. The van der Waals surface area contributed by atoms with Crippen molar-refractivity contribution in [1.82, 2.24) is 19.9 Å². The van der Waals surface area contributed by atoms with Crippen molar-refractivity contribution in [2.45, 2.75) is 44.1 Å². The largest absolute Gasteiger partial charge is 0.396 e. The van der Waals surface area contributed by atoms with Crippen molar-refractivity contribution < 1.29 is 9.90 Å². The molecule has 36 heavy (non-hydrogen) atoms. The first-order valence-electron chi connectivity index (χ1n) is 12.9. The summed E-state index contributed by atoms with van der Waals surface area (Å²) in [6, 6.07) is 8.25. The van der Waals surface area contributed by atoms with Crippen molar-refractivity contribution >= 4 is 34.5 Å². The topological polar surface area (TPSA) is 108 Å². The number of aliphatic hydroxyl groups is 1. The monoisotopic (exact) mass is 484 g/mol. The molecule has 1 amide bonds. The Labute approximate surface area is 210 Å². The van der Waals surface area contributed by atoms with Gasteiger partial charge in [-0.2, -0.15) is 0 Å². The third-order valence-corrected chi connectivity index (χ3v) is 7.64. The van der Waals surface area contributed by atoms with E-state index in [1.54, 1.807) is 12.3 Å². The Morgan fingerprint density at radius 2 is 2.00 bits per heavy atom. The average molecular weight is 485 g/mol. The number of amides is 1. The molecule has 0 spiro atoms. The number of pyridine rings is 1. The number of piperazine rings is 1. The van der Waals surface area contributed by atoms with Gasteiger partial charge in [-0.1, -0.05) is 18.7 Å². The van der Waals surface area contributed by atoms with Crippen LogP contribution in [0, 0.1) is 5.92 Å². The molecule has 3 aromatic rings. The molecule has 0 radical (unpaired) electrons. The fourth-order valence-corrected chi connectivity index (χ4v) is 5.48. The van der Waals surface area contributed by atoms with E-state index in [2.05, 4.69) is 28.6 Å². The van der Waals surface area contributed by atoms with Crippen LogP contribution in [0.2, 0.25) is 0 Å². The lowest BCUT2D eigenvalue weighted by atomic mass is 9.98. The van der Waals surface area contributed by atoms with E-state index in [1.165, 1.54) is 0 Å². The van der Waals surface area contributed by atoms with Crippen LogP contribution >= 0.6 is 0 Å². The van der Waals surface area contributed by atoms with Gasteiger partial charge in [-0.15, -0.1) is 0 Å². The van der Waals surface area contributed by atoms with E-state index in [0.717, 1.165) is 71.6 Å². The number of nitrogen functional groups attached to an aromatic ring is 1. The molecule has 1 saturated heterocycles. The highest BCUT2D eigenvalue weighted by Crippen LogP contribution is 2.47. The third kappa shape index (κ3) is 4.19. The summed E-state index contributed by atoms with van der Waals surface area (Å²) in [6.45, 7) is 5.75. The van der Waals surface area contributed by atoms with E-state index in [4.69, 9.17) is 15.7 Å². The Morgan fingerprint density at radius 3 is 2.72 bits per heavy atom. The molecular weight excluding hydrogens is 452 g/mol. The van der Waals surface area contributed by atoms with Gasteiger partial charge < -0.3 is 20.6 Å². The number of benzene rings is 1. The van der Waals surface area contributed by atoms with Crippen molar-refractivity contribution in [3.63, 3.8) is 0 Å². The lowest BCUT2D eigenvalue weighted by Crippen LogP contribution is -2.56. The second-order valence-electron chi connectivity index (χ2n) is 10.2. The summed E-state index contributed by atoms with van der Waals surface area (Å²) in [5.74, 6) is 1.80. The number of aliphatic hydroxyl groups excluding tert-OH is 1. The minimum Gasteiger partial charge on any atom is -0.396 e. The first kappa shape index (κ1) is 22.9. The molecule has 1 atom stereocenters. The van der Waals surface area contributed by atoms with Crippen LogP contribution in [0.5, 0.6) is 0 Å². The van der Waals surface area contributed by atoms with E-state index in [0.29, 0.717) is 30.6 Å². The molecule has 8 nitrogen and oxygen atoms in total. The number of para-hydroxylation sites is 1. The summed E-state index contributed by atoms with van der Waals surface area (Å²) in [7, 11) is 0. The molecule has 6 rings (SSSR count). The highest BCUT2D eigenvalue weighted by Gasteiger charge is 2.41. The Balaban J connectivity index is 1.37. The fourth-order valence-electron chi connectivity index (χ4n) is 5.48. The van der Waals surface area contributed by atoms with Crippen LogP contribution in [0.4, 0.5) is 11.5 Å². The van der Waals surface area contributed by atoms with Gasteiger partial charge in [-0.05, 0) is 49.8 Å². The number of hydrogen-bond donors (Lipinski definition) is 2. The predicted molar refractivity (Wildman–Crippen MR) is 141 cm³/mol. The van der Waals surface area contributed by atoms with Crippen LogP contribution < -0.4 is 10.6 Å². The molecule has 8 heteroatoms. The SMILES string of the molecule is C=Cc1cnc2c(-c3cc(N)c(N4CCN(C(=O)CCO)[C@H](C5CC5)C4)nc3C3CC3)cccc2n1. The van der Waals surface area contributed by atoms with E-state index in [9.17, 15) is 9.90 Å². The normalized spacial score (nSPS) is 20.1. The molecule has 1 aromatic carbocycles. The lowest BCUT2D eigenvalue weighted by Gasteiger charge is -2.42. The highest BCUT2D eigenvalue weighted by atomic mass is 16.3. The molecule has 3 heterocycles. The fraction of sp³-hybridized carbons (Fsp3) is 0.429. The molecule has 1 aliphatic heterocycles. The zero-order chi connectivity index (χ0) is 24.8. The number of nitrogens with zero attached hydrogens (tertiary/aromatic N) is 5. The number of carbonyl (C=O) groups is 1. The van der Waals surface area contributed by atoms with Gasteiger partial charge in [0.05, 0.1) is 47.0 Å². The van der Waals surface area contributed by atoms with Crippen molar-refractivity contribution in [2.75, 3.05) is 36.9 Å². The van der Waals surface area contributed by atoms with Crippen molar-refractivity contribution in [2.24, 2.45) is 5.92 Å². The molecule has 0 unspecified atom stereocenters. The summed E-state index contributed by atoms with van der Waals surface area (Å²) in [4.78, 5) is 31.4. The molecule has 3 aliphatic rings. The van der Waals surface area contributed by atoms with E-state index >= 15 is 0 Å². The van der Waals surface area contributed by atoms with Gasteiger partial charge in [0.15, 0.2) is 5.82 Å². The number of aromatic nitrogens is 3. The van der Waals surface area contributed by atoms with Gasteiger partial charge in [0.1, 0.15) is 0 Å². The maximum Gasteiger partial charge on any atom is 0.225 e. The summed E-state index contributed by atoms with van der Waals surface area (Å²) in [5.41, 5.74) is 12.8. The van der Waals surface area contributed by atoms with Crippen molar-refractivity contribution in [1.29, 1.82) is 0 Å². The number of hydrogen-bond acceptors (Lipinski definition) is 7. The molecule has 2 aromatic heterocycles. The van der Waals surface area contributed by atoms with Crippen LogP contribution in [0.25, 0.3) is 28.2 Å². The second kappa shape index (κ2) is 9.17. The van der Waals surface area contributed by atoms with Gasteiger partial charge in [-0.25, -0.2) is 9.97 Å². The van der Waals surface area contributed by atoms with E-state index in [1.807, 2.05) is 17.0 Å². The maximum absolute atomic E-state index is 12.6. The quantitative estimate of drug-likeness (QED) is 0.527. The molecule has 2 aliphatic carbocycles. The van der Waals surface area contributed by atoms with Gasteiger partial charge in [-0.3, -0.25) is 9.78 Å². The van der Waals surface area contributed by atoms with Crippen LogP contribution in [0.15, 0.2) is 37.0 Å². The number of rotatable bonds is 7. The highest BCUT2D eigenvalue weighted by molar-refractivity contribution is 5.94. The van der Waals surface area contributed by atoms with Crippen LogP contribution in [-0.4, -0.2) is 63.1 Å². The molecule has 3 N–H and O–H groups in total. The average Bonchev–Trinajstić information content (AvgIpc) is 3.81. The van der Waals surface area contributed by atoms with Gasteiger partial charge in [0, 0.05) is 43.1 Å². The van der Waals surface area contributed by atoms with E-state index in [-0.39, 0.29) is 25.0 Å². The zero-order valence-corrected chi connectivity index (χ0v) is 20.4. The number of anilines is 2. The van der Waals surface area contributed by atoms with Crippen molar-refractivity contribution in [3.05, 3.63) is 48.4 Å². The van der Waals surface area contributed by atoms with Crippen LogP contribution in [0.3, 0.4) is 0 Å². The summed E-state index contributed by atoms with van der Waals surface area (Å²) in [6.07, 6.45) is 8.17. The number of fused-ring (bicyclic) bond motifs is 1. The first-order valence-corrected chi connectivity index (χ1v) is 12.9. The Bertz CT molecular complexity index is 1330. The van der Waals surface area contributed by atoms with Gasteiger partial charge in [0.25, 0.3) is 0 Å². The molecular formula is C28H32N6O2. The zero-order valence-electron chi connectivity index (χ0n) is 20.4. The summed E-state index contributed by atoms with van der Waals surface area (Å²) in [5, 5.41) is 9.28. The third-order valence-electron chi connectivity index (χ3n) is 7.64. The standard InChI is InChI=1S/C28H32N6O2/c1-2-19-15-30-27-20(4-3-5-23(27)31-19)21-14-22(29)28(32-26(21)18-8-9-18)33-11-12-34(25(36)10-13-35)24(16-33)17-6-7-17/h2-5,14-15,17-18,24,35H,1,6-13,16,29H2/t24-/m0/s1. The molecule has 2 saturated carbocycles. The summed E-state index contributed by atoms with van der Waals surface area (Å²) >= 11 is 0. The predicted octanol–water partition coefficient (Wildman–Crippen LogP) is 3.60.